The lowest BCUT2D eigenvalue weighted by atomic mass is 9.79. The number of benzene rings is 4. The van der Waals surface area contributed by atoms with Crippen LogP contribution in [0.3, 0.4) is 0 Å². The number of ether oxygens (including phenoxy) is 5. The first-order valence-corrected chi connectivity index (χ1v) is 22.9. The molecule has 66 heavy (non-hydrogen) atoms. The number of methoxy groups -OCH3 is 2. The van der Waals surface area contributed by atoms with Crippen molar-refractivity contribution >= 4 is 14.4 Å². The molecule has 0 saturated carbocycles. The molecule has 3 heterocycles. The second kappa shape index (κ2) is 21.2. The van der Waals surface area contributed by atoms with Crippen molar-refractivity contribution in [1.82, 2.24) is 19.3 Å². The van der Waals surface area contributed by atoms with Crippen LogP contribution < -0.4 is 25.5 Å². The molecule has 1 amide bonds. The number of aromatic amines is 1. The normalized spacial score (nSPS) is 19.8. The van der Waals surface area contributed by atoms with Crippen LogP contribution in [0.2, 0.25) is 0 Å². The molecule has 2 aliphatic heterocycles. The quantitative estimate of drug-likeness (QED) is 0.0479. The van der Waals surface area contributed by atoms with E-state index in [-0.39, 0.29) is 43.8 Å². The highest BCUT2D eigenvalue weighted by atomic mass is 31.2. The average molecular weight is 922 g/mol. The molecule has 1 N–H and O–H groups in total. The number of nitrogens with zero attached hydrogens (tertiary/aromatic N) is 4. The van der Waals surface area contributed by atoms with Gasteiger partial charge in [-0.3, -0.25) is 24.0 Å². The Labute approximate surface area is 385 Å². The predicted molar refractivity (Wildman–Crippen MR) is 246 cm³/mol. The van der Waals surface area contributed by atoms with Crippen molar-refractivity contribution in [2.75, 3.05) is 40.6 Å². The van der Waals surface area contributed by atoms with Gasteiger partial charge in [-0.15, -0.1) is 0 Å². The van der Waals surface area contributed by atoms with Crippen molar-refractivity contribution in [2.24, 2.45) is 0 Å². The van der Waals surface area contributed by atoms with Crippen LogP contribution >= 0.6 is 8.53 Å². The summed E-state index contributed by atoms with van der Waals surface area (Å²) >= 11 is 0. The molecule has 2 saturated heterocycles. The van der Waals surface area contributed by atoms with E-state index in [1.54, 1.807) is 45.4 Å². The van der Waals surface area contributed by atoms with Crippen molar-refractivity contribution < 1.29 is 42.4 Å². The number of aromatic nitrogens is 2. The van der Waals surface area contributed by atoms with Gasteiger partial charge in [-0.05, 0) is 87.7 Å². The average Bonchev–Trinajstić information content (AvgIpc) is 3.49. The molecular weight excluding hydrogens is 866 g/mol. The maximum atomic E-state index is 14.4. The fourth-order valence-corrected chi connectivity index (χ4v) is 10.2. The number of H-pyrrole nitrogens is 1. The van der Waals surface area contributed by atoms with Crippen LogP contribution in [0.4, 0.5) is 0 Å². The molecule has 0 spiro atoms. The van der Waals surface area contributed by atoms with E-state index in [0.717, 1.165) is 16.7 Å². The van der Waals surface area contributed by atoms with Crippen molar-refractivity contribution in [1.29, 1.82) is 5.26 Å². The number of hydrogen-bond donors (Lipinski definition) is 1. The van der Waals surface area contributed by atoms with Crippen LogP contribution in [0.5, 0.6) is 17.2 Å². The highest BCUT2D eigenvalue weighted by molar-refractivity contribution is 7.44. The number of para-hydroxylation sites is 1. The van der Waals surface area contributed by atoms with Crippen molar-refractivity contribution in [2.45, 2.75) is 82.8 Å². The molecule has 2 bridgehead atoms. The Kier molecular flexibility index (Phi) is 15.4. The maximum absolute atomic E-state index is 14.4. The van der Waals surface area contributed by atoms with Gasteiger partial charge < -0.3 is 32.7 Å². The number of amides is 1. The number of nitrogens with one attached hydrogen (secondary N) is 1. The van der Waals surface area contributed by atoms with E-state index in [0.29, 0.717) is 17.2 Å². The number of hydrogen-bond acceptors (Lipinski definition) is 13. The summed E-state index contributed by atoms with van der Waals surface area (Å²) in [6, 6.07) is 35.7. The molecule has 4 aromatic carbocycles. The van der Waals surface area contributed by atoms with Gasteiger partial charge in [0.05, 0.1) is 46.5 Å². The second-order valence-electron chi connectivity index (χ2n) is 16.5. The van der Waals surface area contributed by atoms with Crippen LogP contribution in [0.15, 0.2) is 125 Å². The highest BCUT2D eigenvalue weighted by Crippen LogP contribution is 2.55. The minimum Gasteiger partial charge on any atom is -0.497 e. The Bertz CT molecular complexity index is 2500. The Hall–Kier alpha value is -5.89. The number of rotatable bonds is 20. The van der Waals surface area contributed by atoms with E-state index in [1.807, 2.05) is 113 Å². The molecule has 348 valence electrons. The molecule has 0 radical (unpaired) electrons. The third-order valence-corrected chi connectivity index (χ3v) is 13.6. The molecule has 5 atom stereocenters. The van der Waals surface area contributed by atoms with Crippen molar-refractivity contribution in [3.8, 4) is 23.3 Å². The molecule has 2 aliphatic rings. The largest absolute Gasteiger partial charge is 0.497 e. The molecule has 0 aliphatic carbocycles. The van der Waals surface area contributed by atoms with Gasteiger partial charge in [-0.2, -0.15) is 5.26 Å². The zero-order chi connectivity index (χ0) is 47.0. The summed E-state index contributed by atoms with van der Waals surface area (Å²) in [4.78, 5) is 50.0. The lowest BCUT2D eigenvalue weighted by molar-refractivity contribution is -0.261. The summed E-state index contributed by atoms with van der Waals surface area (Å²) < 4.78 is 48.7. The zero-order valence-electron chi connectivity index (χ0n) is 38.1. The van der Waals surface area contributed by atoms with Crippen molar-refractivity contribution in [3.63, 3.8) is 0 Å². The van der Waals surface area contributed by atoms with Gasteiger partial charge in [0, 0.05) is 23.8 Å². The zero-order valence-corrected chi connectivity index (χ0v) is 39.0. The van der Waals surface area contributed by atoms with Gasteiger partial charge in [0.25, 0.3) is 20.0 Å². The molecule has 17 heteroatoms. The Morgan fingerprint density at radius 1 is 0.879 bits per heavy atom. The van der Waals surface area contributed by atoms with E-state index in [1.165, 1.54) is 15.8 Å². The molecule has 1 unspecified atom stereocenters. The van der Waals surface area contributed by atoms with E-state index in [4.69, 9.17) is 37.6 Å². The van der Waals surface area contributed by atoms with E-state index < -0.39 is 61.9 Å². The first-order valence-electron chi connectivity index (χ1n) is 21.7. The molecule has 7 rings (SSSR count). The third-order valence-electron chi connectivity index (χ3n) is 11.5. The fraction of sp³-hybridized carbons (Fsp3) is 0.388. The first-order chi connectivity index (χ1) is 31.8. The van der Waals surface area contributed by atoms with Crippen LogP contribution in [-0.4, -0.2) is 95.7 Å². The van der Waals surface area contributed by atoms with Gasteiger partial charge in [0.15, 0.2) is 18.9 Å². The molecular formula is C49H56N5O11P. The van der Waals surface area contributed by atoms with Crippen LogP contribution in [0.1, 0.15) is 62.6 Å². The molecule has 1 aromatic heterocycles. The molecule has 16 nitrogen and oxygen atoms in total. The SMILES string of the molecule is COc1ccc(C(OC[C@@]23CN(C(=O)COc4ccccc4)O[C@@H]([C@H](n4cc(C)c(=O)[nH]c4=O)O2)[C@@H]3OP(OCCC#N)N(C(C)C)C(C)C)(c2ccccc2)c2ccc(OC)cc2)cc1. The summed E-state index contributed by atoms with van der Waals surface area (Å²) in [5.41, 5.74) is -1.85. The third kappa shape index (κ3) is 10.1. The summed E-state index contributed by atoms with van der Waals surface area (Å²) in [7, 11) is 1.22. The fourth-order valence-electron chi connectivity index (χ4n) is 8.37. The summed E-state index contributed by atoms with van der Waals surface area (Å²) in [5.74, 6) is 1.20. The number of carbonyl (C=O) groups excluding carboxylic acids is 1. The summed E-state index contributed by atoms with van der Waals surface area (Å²) in [5, 5.41) is 10.7. The van der Waals surface area contributed by atoms with Crippen LogP contribution in [0.25, 0.3) is 0 Å². The monoisotopic (exact) mass is 921 g/mol. The second-order valence-corrected chi connectivity index (χ2v) is 17.9. The lowest BCUT2D eigenvalue weighted by Crippen LogP contribution is -2.63. The molecule has 5 aromatic rings. The Morgan fingerprint density at radius 2 is 1.45 bits per heavy atom. The van der Waals surface area contributed by atoms with Crippen LogP contribution in [-0.2, 0) is 33.8 Å². The van der Waals surface area contributed by atoms with Gasteiger partial charge in [0.1, 0.15) is 34.6 Å². The topological polar surface area (TPSA) is 176 Å². The number of aryl methyl sites for hydroxylation is 1. The minimum absolute atomic E-state index is 0.0657. The summed E-state index contributed by atoms with van der Waals surface area (Å²) in [6.07, 6.45) is -2.09. The van der Waals surface area contributed by atoms with E-state index in [9.17, 15) is 19.6 Å². The molecule has 2 fully saturated rings. The van der Waals surface area contributed by atoms with Gasteiger partial charge >= 0.3 is 5.69 Å². The number of hydroxylamine groups is 2. The first kappa shape index (κ1) is 48.1. The summed E-state index contributed by atoms with van der Waals surface area (Å²) in [6.45, 7) is 8.78. The lowest BCUT2D eigenvalue weighted by Gasteiger charge is -2.46. The Balaban J connectivity index is 1.42. The highest BCUT2D eigenvalue weighted by Gasteiger charge is 2.65. The number of carbonyl (C=O) groups is 1. The van der Waals surface area contributed by atoms with E-state index in [2.05, 4.69) is 15.7 Å². The number of fused-ring (bicyclic) bond motifs is 2. The maximum Gasteiger partial charge on any atom is 0.330 e. The Morgan fingerprint density at radius 3 is 2.02 bits per heavy atom. The van der Waals surface area contributed by atoms with Gasteiger partial charge in [-0.25, -0.2) is 14.5 Å². The van der Waals surface area contributed by atoms with Gasteiger partial charge in [0.2, 0.25) is 0 Å². The van der Waals surface area contributed by atoms with E-state index >= 15 is 0 Å². The van der Waals surface area contributed by atoms with Gasteiger partial charge in [-0.1, -0.05) is 72.8 Å². The van der Waals surface area contributed by atoms with Crippen molar-refractivity contribution in [3.05, 3.63) is 158 Å². The minimum atomic E-state index is -1.97. The number of nitriles is 1. The smallest absolute Gasteiger partial charge is 0.330 e. The standard InChI is InChI=1S/C49H56N5O11P/c1-33(2)54(34(3)4)66(62-28-14-27-50)65-44-43-46(52-29-35(5)45(56)51-47(52)57)63-48(44,31-53(64-43)42(55)30-60-41-17-12-9-13-18-41)32-61-49(36-15-10-8-11-16-36,37-19-23-39(58-6)24-20-37)38-21-25-40(59-7)26-22-38/h8-13,15-26,29,33-34,43-44,46H,14,28,30-32H2,1-7H3,(H,51,56,57)/t43-,44+,46-,48-,66?/m1/s1. The van der Waals surface area contributed by atoms with Crippen LogP contribution in [0, 0.1) is 18.3 Å². The predicted octanol–water partition coefficient (Wildman–Crippen LogP) is 7.02.